The number of fused-ring (bicyclic) bond motifs is 4. The topological polar surface area (TPSA) is 51.2 Å². The Hall–Kier alpha value is -1.51. The van der Waals surface area contributed by atoms with E-state index in [1.54, 1.807) is 6.92 Å². The molecule has 4 aliphatic carbocycles. The minimum absolute atomic E-state index is 0.0438. The molecule has 182 valence electrons. The van der Waals surface area contributed by atoms with Gasteiger partial charge in [0.25, 0.3) is 0 Å². The van der Waals surface area contributed by atoms with Gasteiger partial charge in [0, 0.05) is 30.3 Å². The quantitative estimate of drug-likeness (QED) is 0.412. The van der Waals surface area contributed by atoms with Gasteiger partial charge in [0.05, 0.1) is 0 Å². The van der Waals surface area contributed by atoms with Crippen molar-refractivity contribution in [2.75, 3.05) is 0 Å². The Balaban J connectivity index is 1.56. The molecule has 2 saturated carbocycles. The summed E-state index contributed by atoms with van der Waals surface area (Å²) in [5.74, 6) is 2.90. The Morgan fingerprint density at radius 2 is 1.82 bits per heavy atom. The van der Waals surface area contributed by atoms with Gasteiger partial charge in [-0.3, -0.25) is 14.4 Å². The number of carbonyl (C=O) groups is 3. The van der Waals surface area contributed by atoms with Crippen LogP contribution in [0.15, 0.2) is 23.3 Å². The fraction of sp³-hybridized carbons (Fsp3) is 0.767. The van der Waals surface area contributed by atoms with Gasteiger partial charge in [0.15, 0.2) is 5.78 Å². The lowest BCUT2D eigenvalue weighted by Gasteiger charge is -2.54. The highest BCUT2D eigenvalue weighted by molar-refractivity contribution is 6.00. The van der Waals surface area contributed by atoms with Crippen molar-refractivity contribution in [2.24, 2.45) is 46.3 Å². The van der Waals surface area contributed by atoms with Crippen LogP contribution in [-0.2, 0) is 14.4 Å². The van der Waals surface area contributed by atoms with Crippen molar-refractivity contribution in [3.05, 3.63) is 23.3 Å². The second kappa shape index (κ2) is 8.61. The molecule has 0 aromatic heterocycles. The number of hydrogen-bond donors (Lipinski definition) is 0. The van der Waals surface area contributed by atoms with Crippen molar-refractivity contribution in [1.82, 2.24) is 0 Å². The summed E-state index contributed by atoms with van der Waals surface area (Å²) in [5, 5.41) is 0. The summed E-state index contributed by atoms with van der Waals surface area (Å²) >= 11 is 0. The highest BCUT2D eigenvalue weighted by Crippen LogP contribution is 2.65. The van der Waals surface area contributed by atoms with Crippen LogP contribution in [0.1, 0.15) is 99.3 Å². The van der Waals surface area contributed by atoms with Crippen molar-refractivity contribution in [1.29, 1.82) is 0 Å². The lowest BCUT2D eigenvalue weighted by molar-refractivity contribution is -0.133. The first-order valence-corrected chi connectivity index (χ1v) is 13.4. The van der Waals surface area contributed by atoms with Crippen LogP contribution < -0.4 is 0 Å². The maximum absolute atomic E-state index is 13.8. The largest absolute Gasteiger partial charge is 0.299 e. The predicted octanol–water partition coefficient (Wildman–Crippen LogP) is 6.90. The fourth-order valence-electron chi connectivity index (χ4n) is 8.68. The molecule has 33 heavy (non-hydrogen) atoms. The van der Waals surface area contributed by atoms with E-state index < -0.39 is 0 Å². The van der Waals surface area contributed by atoms with Crippen LogP contribution in [0.3, 0.4) is 0 Å². The molecule has 4 unspecified atom stereocenters. The van der Waals surface area contributed by atoms with Crippen LogP contribution in [0.4, 0.5) is 0 Å². The molecule has 4 rings (SSSR count). The molecule has 0 N–H and O–H groups in total. The summed E-state index contributed by atoms with van der Waals surface area (Å²) in [7, 11) is 0. The van der Waals surface area contributed by atoms with E-state index in [2.05, 4.69) is 34.3 Å². The predicted molar refractivity (Wildman–Crippen MR) is 133 cm³/mol. The van der Waals surface area contributed by atoms with Gasteiger partial charge >= 0.3 is 0 Å². The third kappa shape index (κ3) is 3.82. The normalized spacial score (nSPS) is 40.1. The molecule has 2 fully saturated rings. The molecule has 0 radical (unpaired) electrons. The SMILES string of the molecule is C=C(CC[C@@H](C)C1CCC2C3=C(C(=O)C[C@@]21C)[C@@]1(C)CCC(=O)[C@@H](C)C1CC3)C(C)C(C)=O. The van der Waals surface area contributed by atoms with Crippen molar-refractivity contribution in [3.63, 3.8) is 0 Å². The maximum Gasteiger partial charge on any atom is 0.159 e. The Kier molecular flexibility index (Phi) is 6.42. The monoisotopic (exact) mass is 452 g/mol. The van der Waals surface area contributed by atoms with E-state index >= 15 is 0 Å². The first-order chi connectivity index (χ1) is 15.4. The number of ketones is 3. The van der Waals surface area contributed by atoms with Crippen molar-refractivity contribution >= 4 is 17.3 Å². The number of rotatable bonds is 6. The standard InChI is InChI=1S/C30H44O3/c1-17(19(3)21(5)31)8-9-18(2)23-12-13-25-22-10-11-24-20(4)26(32)14-15-29(24,6)28(22)27(33)16-30(23,25)7/h18-20,23-25H,1,8-16H2,2-7H3/t18-,19?,20+,23?,24?,25?,29+,30-/m1/s1. The zero-order valence-electron chi connectivity index (χ0n) is 21.8. The second-order valence-corrected chi connectivity index (χ2v) is 12.6. The van der Waals surface area contributed by atoms with Crippen molar-refractivity contribution in [3.8, 4) is 0 Å². The molecule has 0 bridgehead atoms. The van der Waals surface area contributed by atoms with E-state index in [9.17, 15) is 14.4 Å². The van der Waals surface area contributed by atoms with E-state index in [0.29, 0.717) is 48.1 Å². The van der Waals surface area contributed by atoms with Gasteiger partial charge < -0.3 is 0 Å². The molecule has 0 amide bonds. The van der Waals surface area contributed by atoms with Gasteiger partial charge in [0.1, 0.15) is 11.6 Å². The number of carbonyl (C=O) groups excluding carboxylic acids is 3. The molecule has 0 aromatic carbocycles. The van der Waals surface area contributed by atoms with Crippen molar-refractivity contribution in [2.45, 2.75) is 99.3 Å². The molecular formula is C30H44O3. The molecule has 0 aromatic rings. The molecule has 4 aliphatic rings. The van der Waals surface area contributed by atoms with Crippen LogP contribution in [0, 0.1) is 46.3 Å². The molecule has 0 saturated heterocycles. The van der Waals surface area contributed by atoms with E-state index in [1.165, 1.54) is 18.4 Å². The lowest BCUT2D eigenvalue weighted by atomic mass is 9.48. The van der Waals surface area contributed by atoms with E-state index in [0.717, 1.165) is 43.3 Å². The zero-order chi connectivity index (χ0) is 24.3. The van der Waals surface area contributed by atoms with E-state index in [-0.39, 0.29) is 28.4 Å². The Bertz CT molecular complexity index is 910. The number of hydrogen-bond acceptors (Lipinski definition) is 3. The van der Waals surface area contributed by atoms with Gasteiger partial charge in [-0.15, -0.1) is 0 Å². The van der Waals surface area contributed by atoms with Gasteiger partial charge in [-0.25, -0.2) is 0 Å². The maximum atomic E-state index is 13.8. The Morgan fingerprint density at radius 1 is 1.12 bits per heavy atom. The average molecular weight is 453 g/mol. The average Bonchev–Trinajstić information content (AvgIpc) is 3.10. The fourth-order valence-corrected chi connectivity index (χ4v) is 8.68. The van der Waals surface area contributed by atoms with Crippen LogP contribution in [0.25, 0.3) is 0 Å². The first-order valence-electron chi connectivity index (χ1n) is 13.4. The summed E-state index contributed by atoms with van der Waals surface area (Å²) in [6.45, 7) is 16.9. The van der Waals surface area contributed by atoms with E-state index in [4.69, 9.17) is 0 Å². The Labute approximate surface area is 200 Å². The Morgan fingerprint density at radius 3 is 2.48 bits per heavy atom. The molecule has 0 heterocycles. The van der Waals surface area contributed by atoms with Crippen LogP contribution in [-0.4, -0.2) is 17.3 Å². The highest BCUT2D eigenvalue weighted by Gasteiger charge is 2.59. The van der Waals surface area contributed by atoms with Gasteiger partial charge in [-0.05, 0) is 86.4 Å². The third-order valence-electron chi connectivity index (χ3n) is 10.9. The first kappa shape index (κ1) is 24.6. The summed E-state index contributed by atoms with van der Waals surface area (Å²) < 4.78 is 0. The van der Waals surface area contributed by atoms with Gasteiger partial charge in [-0.2, -0.15) is 0 Å². The molecule has 8 atom stereocenters. The molecule has 0 aliphatic heterocycles. The van der Waals surface area contributed by atoms with Crippen LogP contribution in [0.2, 0.25) is 0 Å². The van der Waals surface area contributed by atoms with Gasteiger partial charge in [-0.1, -0.05) is 52.3 Å². The number of Topliss-reactive ketones (excluding diaryl/α,β-unsaturated/α-hetero) is 3. The molecule has 3 heteroatoms. The summed E-state index contributed by atoms with van der Waals surface area (Å²) in [6, 6.07) is 0. The third-order valence-corrected chi connectivity index (χ3v) is 10.9. The minimum Gasteiger partial charge on any atom is -0.299 e. The smallest absolute Gasteiger partial charge is 0.159 e. The molecule has 0 spiro atoms. The zero-order valence-corrected chi connectivity index (χ0v) is 21.8. The molecular weight excluding hydrogens is 408 g/mol. The highest BCUT2D eigenvalue weighted by atomic mass is 16.1. The summed E-state index contributed by atoms with van der Waals surface area (Å²) in [4.78, 5) is 38.0. The van der Waals surface area contributed by atoms with Crippen LogP contribution in [0.5, 0.6) is 0 Å². The van der Waals surface area contributed by atoms with Gasteiger partial charge in [0.2, 0.25) is 0 Å². The summed E-state index contributed by atoms with van der Waals surface area (Å²) in [5.41, 5.74) is 3.60. The minimum atomic E-state index is -0.108. The van der Waals surface area contributed by atoms with E-state index in [1.807, 2.05) is 6.92 Å². The molecule has 3 nitrogen and oxygen atoms in total. The lowest BCUT2D eigenvalue weighted by Crippen LogP contribution is -2.50. The second-order valence-electron chi connectivity index (χ2n) is 12.6. The summed E-state index contributed by atoms with van der Waals surface area (Å²) in [6.07, 6.45) is 8.54. The number of allylic oxidation sites excluding steroid dienone is 3. The van der Waals surface area contributed by atoms with Crippen molar-refractivity contribution < 1.29 is 14.4 Å². The van der Waals surface area contributed by atoms with Crippen LogP contribution >= 0.6 is 0 Å².